The van der Waals surface area contributed by atoms with Gasteiger partial charge in [0.05, 0.1) is 19.7 Å². The van der Waals surface area contributed by atoms with Crippen molar-refractivity contribution in [2.24, 2.45) is 11.7 Å². The zero-order valence-electron chi connectivity index (χ0n) is 12.7. The molecular formula is C14H19N5O3. The highest BCUT2D eigenvalue weighted by Crippen LogP contribution is 2.17. The molecule has 118 valence electrons. The van der Waals surface area contributed by atoms with Gasteiger partial charge in [0.25, 0.3) is 0 Å². The van der Waals surface area contributed by atoms with Crippen LogP contribution < -0.4 is 15.8 Å². The van der Waals surface area contributed by atoms with Crippen molar-refractivity contribution < 1.29 is 14.1 Å². The summed E-state index contributed by atoms with van der Waals surface area (Å²) in [7, 11) is 1.54. The van der Waals surface area contributed by atoms with Crippen LogP contribution in [0.4, 0.5) is 0 Å². The van der Waals surface area contributed by atoms with Crippen LogP contribution in [-0.2, 0) is 11.3 Å². The number of nitrogens with zero attached hydrogens (tertiary/aromatic N) is 3. The Kier molecular flexibility index (Phi) is 5.05. The Morgan fingerprint density at radius 3 is 2.82 bits per heavy atom. The molecule has 8 nitrogen and oxygen atoms in total. The highest BCUT2D eigenvalue weighted by molar-refractivity contribution is 5.81. The zero-order chi connectivity index (χ0) is 16.1. The smallest absolute Gasteiger partial charge is 0.246 e. The van der Waals surface area contributed by atoms with E-state index in [2.05, 4.69) is 20.4 Å². The van der Waals surface area contributed by atoms with Gasteiger partial charge in [-0.1, -0.05) is 19.0 Å². The number of aromatic nitrogens is 3. The van der Waals surface area contributed by atoms with Crippen molar-refractivity contribution in [2.45, 2.75) is 26.4 Å². The molecule has 1 atom stereocenters. The first-order valence-corrected chi connectivity index (χ1v) is 6.87. The summed E-state index contributed by atoms with van der Waals surface area (Å²) in [6, 6.07) is 2.91. The fraction of sp³-hybridized carbons (Fsp3) is 0.429. The second-order valence-corrected chi connectivity index (χ2v) is 5.09. The van der Waals surface area contributed by atoms with Gasteiger partial charge in [0.2, 0.25) is 23.5 Å². The van der Waals surface area contributed by atoms with E-state index in [1.165, 1.54) is 0 Å². The van der Waals surface area contributed by atoms with Crippen LogP contribution in [-0.4, -0.2) is 34.2 Å². The molecule has 0 fully saturated rings. The maximum absolute atomic E-state index is 11.8. The molecular weight excluding hydrogens is 286 g/mol. The molecule has 1 amide bonds. The minimum atomic E-state index is -0.562. The van der Waals surface area contributed by atoms with Crippen LogP contribution in [0.3, 0.4) is 0 Å². The molecule has 8 heteroatoms. The second-order valence-electron chi connectivity index (χ2n) is 5.09. The predicted octanol–water partition coefficient (Wildman–Crippen LogP) is 0.740. The lowest BCUT2D eigenvalue weighted by molar-refractivity contribution is -0.123. The third-order valence-electron chi connectivity index (χ3n) is 3.11. The number of nitrogens with two attached hydrogens (primary N) is 1. The molecule has 0 unspecified atom stereocenters. The highest BCUT2D eigenvalue weighted by atomic mass is 16.5. The van der Waals surface area contributed by atoms with Crippen LogP contribution in [0.2, 0.25) is 0 Å². The summed E-state index contributed by atoms with van der Waals surface area (Å²) in [6.45, 7) is 3.90. The monoisotopic (exact) mass is 305 g/mol. The van der Waals surface area contributed by atoms with E-state index in [1.807, 2.05) is 13.8 Å². The van der Waals surface area contributed by atoms with E-state index in [-0.39, 0.29) is 18.4 Å². The van der Waals surface area contributed by atoms with Crippen LogP contribution in [0.1, 0.15) is 19.7 Å². The molecule has 2 aromatic rings. The second kappa shape index (κ2) is 6.99. The fourth-order valence-corrected chi connectivity index (χ4v) is 1.66. The molecule has 0 bridgehead atoms. The van der Waals surface area contributed by atoms with E-state index in [0.29, 0.717) is 23.2 Å². The molecule has 3 N–H and O–H groups in total. The van der Waals surface area contributed by atoms with Gasteiger partial charge in [-0.2, -0.15) is 4.98 Å². The lowest BCUT2D eigenvalue weighted by Gasteiger charge is -2.14. The summed E-state index contributed by atoms with van der Waals surface area (Å²) in [4.78, 5) is 20.0. The number of rotatable bonds is 6. The first-order chi connectivity index (χ1) is 10.5. The van der Waals surface area contributed by atoms with E-state index in [1.54, 1.807) is 25.4 Å². The van der Waals surface area contributed by atoms with Gasteiger partial charge < -0.3 is 20.3 Å². The quantitative estimate of drug-likeness (QED) is 0.808. The maximum atomic E-state index is 11.8. The van der Waals surface area contributed by atoms with Crippen LogP contribution in [0.25, 0.3) is 11.4 Å². The van der Waals surface area contributed by atoms with E-state index in [0.717, 1.165) is 0 Å². The number of hydrogen-bond donors (Lipinski definition) is 2. The van der Waals surface area contributed by atoms with Gasteiger partial charge >= 0.3 is 0 Å². The van der Waals surface area contributed by atoms with E-state index in [4.69, 9.17) is 15.0 Å². The number of amides is 1. The molecule has 0 aromatic carbocycles. The van der Waals surface area contributed by atoms with Gasteiger partial charge in [0.15, 0.2) is 0 Å². The molecule has 0 saturated carbocycles. The minimum absolute atomic E-state index is 0.0589. The Hall–Kier alpha value is -2.48. The van der Waals surface area contributed by atoms with Crippen molar-refractivity contribution in [3.63, 3.8) is 0 Å². The number of nitrogens with one attached hydrogen (secondary N) is 1. The Bertz CT molecular complexity index is 624. The number of methoxy groups -OCH3 is 1. The molecule has 0 saturated heterocycles. The topological polar surface area (TPSA) is 116 Å². The van der Waals surface area contributed by atoms with Crippen LogP contribution in [0.15, 0.2) is 22.9 Å². The third kappa shape index (κ3) is 3.79. The number of carbonyl (C=O) groups is 1. The van der Waals surface area contributed by atoms with Gasteiger partial charge in [0, 0.05) is 17.8 Å². The summed E-state index contributed by atoms with van der Waals surface area (Å²) in [5, 5.41) is 6.52. The van der Waals surface area contributed by atoms with Gasteiger partial charge in [0.1, 0.15) is 0 Å². The molecule has 0 aliphatic rings. The van der Waals surface area contributed by atoms with Crippen molar-refractivity contribution in [3.8, 4) is 17.3 Å². The SMILES string of the molecule is COc1ccc(-c2noc(CNC(=O)[C@@H](N)C(C)C)n2)cn1. The molecule has 22 heavy (non-hydrogen) atoms. The van der Waals surface area contributed by atoms with E-state index >= 15 is 0 Å². The zero-order valence-corrected chi connectivity index (χ0v) is 12.7. The molecule has 0 radical (unpaired) electrons. The average Bonchev–Trinajstić information content (AvgIpc) is 3.00. The summed E-state index contributed by atoms with van der Waals surface area (Å²) in [5.74, 6) is 1.01. The summed E-state index contributed by atoms with van der Waals surface area (Å²) in [6.07, 6.45) is 1.58. The van der Waals surface area contributed by atoms with Gasteiger partial charge in [-0.3, -0.25) is 4.79 Å². The maximum Gasteiger partial charge on any atom is 0.246 e. The van der Waals surface area contributed by atoms with Crippen LogP contribution in [0.5, 0.6) is 5.88 Å². The molecule has 0 aliphatic carbocycles. The standard InChI is InChI=1S/C14H19N5O3/c1-8(2)12(15)14(20)17-7-11-18-13(19-22-11)9-4-5-10(21-3)16-6-9/h4-6,8,12H,7,15H2,1-3H3,(H,17,20)/t12-/m0/s1. The van der Waals surface area contributed by atoms with Crippen molar-refractivity contribution >= 4 is 5.91 Å². The molecule has 2 heterocycles. The Balaban J connectivity index is 1.97. The summed E-state index contributed by atoms with van der Waals surface area (Å²) >= 11 is 0. The van der Waals surface area contributed by atoms with Gasteiger partial charge in [-0.05, 0) is 12.0 Å². The Morgan fingerprint density at radius 2 is 2.23 bits per heavy atom. The van der Waals surface area contributed by atoms with Crippen LogP contribution in [0, 0.1) is 5.92 Å². The first-order valence-electron chi connectivity index (χ1n) is 6.87. The first kappa shape index (κ1) is 15.9. The normalized spacial score (nSPS) is 12.2. The largest absolute Gasteiger partial charge is 0.481 e. The Labute approximate surface area is 128 Å². The van der Waals surface area contributed by atoms with Crippen molar-refractivity contribution in [2.75, 3.05) is 7.11 Å². The summed E-state index contributed by atoms with van der Waals surface area (Å²) in [5.41, 5.74) is 6.44. The highest BCUT2D eigenvalue weighted by Gasteiger charge is 2.18. The van der Waals surface area contributed by atoms with Gasteiger partial charge in [-0.25, -0.2) is 4.98 Å². The van der Waals surface area contributed by atoms with Crippen LogP contribution >= 0.6 is 0 Å². The lowest BCUT2D eigenvalue weighted by atomic mass is 10.1. The van der Waals surface area contributed by atoms with Crippen molar-refractivity contribution in [3.05, 3.63) is 24.2 Å². The average molecular weight is 305 g/mol. The number of hydrogen-bond acceptors (Lipinski definition) is 7. The number of carbonyl (C=O) groups excluding carboxylic acids is 1. The minimum Gasteiger partial charge on any atom is -0.481 e. The lowest BCUT2D eigenvalue weighted by Crippen LogP contribution is -2.43. The van der Waals surface area contributed by atoms with Gasteiger partial charge in [-0.15, -0.1) is 0 Å². The third-order valence-corrected chi connectivity index (χ3v) is 3.11. The predicted molar refractivity (Wildman–Crippen MR) is 78.7 cm³/mol. The number of pyridine rings is 1. The molecule has 2 rings (SSSR count). The molecule has 0 spiro atoms. The summed E-state index contributed by atoms with van der Waals surface area (Å²) < 4.78 is 10.1. The fourth-order valence-electron chi connectivity index (χ4n) is 1.66. The van der Waals surface area contributed by atoms with E-state index in [9.17, 15) is 4.79 Å². The molecule has 2 aromatic heterocycles. The number of ether oxygens (including phenoxy) is 1. The van der Waals surface area contributed by atoms with E-state index < -0.39 is 6.04 Å². The van der Waals surface area contributed by atoms with Crippen molar-refractivity contribution in [1.82, 2.24) is 20.4 Å². The molecule has 0 aliphatic heterocycles. The van der Waals surface area contributed by atoms with Crippen molar-refractivity contribution in [1.29, 1.82) is 0 Å². The Morgan fingerprint density at radius 1 is 1.45 bits per heavy atom.